The molecule has 2 heterocycles. The van der Waals surface area contributed by atoms with Crippen molar-refractivity contribution in [2.45, 2.75) is 55.6 Å². The first-order chi connectivity index (χ1) is 8.21. The predicted molar refractivity (Wildman–Crippen MR) is 88.4 cm³/mol. The Kier molecular flexibility index (Phi) is 4.40. The normalized spacial score (nSPS) is 20.9. The zero-order chi connectivity index (χ0) is 13.6. The molecule has 0 aromatic carbocycles. The van der Waals surface area contributed by atoms with E-state index in [0.29, 0.717) is 6.10 Å². The molecule has 18 heavy (non-hydrogen) atoms. The van der Waals surface area contributed by atoms with Gasteiger partial charge in [0.15, 0.2) is 8.32 Å². The maximum Gasteiger partial charge on any atom is 0.192 e. The van der Waals surface area contributed by atoms with Crippen LogP contribution in [-0.2, 0) is 4.43 Å². The molecular formula is C13H21BrOS2Si. The molecule has 0 amide bonds. The van der Waals surface area contributed by atoms with Crippen LogP contribution in [0.15, 0.2) is 14.1 Å². The molecule has 0 radical (unpaired) electrons. The van der Waals surface area contributed by atoms with Crippen LogP contribution < -0.4 is 0 Å². The van der Waals surface area contributed by atoms with E-state index in [-0.39, 0.29) is 5.04 Å². The number of hydrogen-bond donors (Lipinski definition) is 0. The molecule has 1 aromatic rings. The lowest BCUT2D eigenvalue weighted by Crippen LogP contribution is -2.42. The van der Waals surface area contributed by atoms with E-state index in [9.17, 15) is 0 Å². The van der Waals surface area contributed by atoms with Crippen LogP contribution in [0.4, 0.5) is 0 Å². The van der Waals surface area contributed by atoms with Gasteiger partial charge in [0.05, 0.1) is 14.1 Å². The number of halogens is 1. The van der Waals surface area contributed by atoms with E-state index >= 15 is 0 Å². The van der Waals surface area contributed by atoms with Crippen molar-refractivity contribution in [3.05, 3.63) is 15.4 Å². The zero-order valence-corrected chi connectivity index (χ0v) is 15.9. The van der Waals surface area contributed by atoms with Gasteiger partial charge in [-0.05, 0) is 46.5 Å². The van der Waals surface area contributed by atoms with Crippen molar-refractivity contribution in [3.63, 3.8) is 0 Å². The molecule has 0 aliphatic carbocycles. The van der Waals surface area contributed by atoms with Gasteiger partial charge in [0.1, 0.15) is 0 Å². The molecule has 2 rings (SSSR count). The number of thiophene rings is 1. The molecule has 0 saturated heterocycles. The molecule has 1 aromatic heterocycles. The average Bonchev–Trinajstić information content (AvgIpc) is 2.57. The van der Waals surface area contributed by atoms with Gasteiger partial charge in [0.25, 0.3) is 0 Å². The van der Waals surface area contributed by atoms with Crippen LogP contribution in [0, 0.1) is 0 Å². The number of rotatable bonds is 2. The van der Waals surface area contributed by atoms with Gasteiger partial charge in [-0.15, -0.1) is 23.1 Å². The lowest BCUT2D eigenvalue weighted by Gasteiger charge is -2.40. The van der Waals surface area contributed by atoms with Crippen LogP contribution in [0.5, 0.6) is 0 Å². The molecular weight excluding hydrogens is 344 g/mol. The summed E-state index contributed by atoms with van der Waals surface area (Å²) >= 11 is 7.41. The molecule has 0 spiro atoms. The Balaban J connectivity index is 2.21. The molecule has 1 atom stereocenters. The topological polar surface area (TPSA) is 9.23 Å². The predicted octanol–water partition coefficient (Wildman–Crippen LogP) is 6.07. The maximum absolute atomic E-state index is 6.59. The maximum atomic E-state index is 6.59. The molecule has 1 aliphatic rings. The van der Waals surface area contributed by atoms with Crippen LogP contribution in [0.1, 0.15) is 38.9 Å². The van der Waals surface area contributed by atoms with Crippen molar-refractivity contribution in [3.8, 4) is 0 Å². The summed E-state index contributed by atoms with van der Waals surface area (Å²) in [5, 5.41) is 0.283. The van der Waals surface area contributed by atoms with Gasteiger partial charge in [0, 0.05) is 11.3 Å². The van der Waals surface area contributed by atoms with E-state index in [1.54, 1.807) is 0 Å². The largest absolute Gasteiger partial charge is 0.410 e. The third-order valence-corrected chi connectivity index (χ3v) is 11.4. The molecule has 1 nitrogen and oxygen atoms in total. The summed E-state index contributed by atoms with van der Waals surface area (Å²) < 4.78 is 9.26. The highest BCUT2D eigenvalue weighted by Crippen LogP contribution is 2.48. The lowest BCUT2D eigenvalue weighted by molar-refractivity contribution is 0.177. The van der Waals surface area contributed by atoms with Crippen molar-refractivity contribution in [1.82, 2.24) is 0 Å². The Morgan fingerprint density at radius 3 is 2.67 bits per heavy atom. The molecule has 1 aliphatic heterocycles. The summed E-state index contributed by atoms with van der Waals surface area (Å²) in [7, 11) is -1.67. The van der Waals surface area contributed by atoms with Crippen molar-refractivity contribution in [1.29, 1.82) is 0 Å². The van der Waals surface area contributed by atoms with E-state index in [1.807, 2.05) is 23.1 Å². The second kappa shape index (κ2) is 5.24. The van der Waals surface area contributed by atoms with Gasteiger partial charge in [-0.3, -0.25) is 0 Å². The Bertz CT molecular complexity index is 437. The summed E-state index contributed by atoms with van der Waals surface area (Å²) in [6.45, 7) is 11.6. The van der Waals surface area contributed by atoms with Crippen molar-refractivity contribution < 1.29 is 4.43 Å². The number of hydrogen-bond acceptors (Lipinski definition) is 3. The molecule has 0 fully saturated rings. The van der Waals surface area contributed by atoms with Crippen molar-refractivity contribution in [2.24, 2.45) is 0 Å². The van der Waals surface area contributed by atoms with Crippen LogP contribution >= 0.6 is 39.0 Å². The second-order valence-electron chi connectivity index (χ2n) is 6.30. The fourth-order valence-electron chi connectivity index (χ4n) is 1.76. The van der Waals surface area contributed by atoms with Gasteiger partial charge in [-0.2, -0.15) is 0 Å². The SMILES string of the molecule is CC(C)(C)[Si](C)(C)OC1CCSc2sc(Br)cc21. The van der Waals surface area contributed by atoms with Gasteiger partial charge in [0.2, 0.25) is 0 Å². The minimum atomic E-state index is -1.67. The second-order valence-corrected chi connectivity index (χ2v) is 14.8. The van der Waals surface area contributed by atoms with Crippen LogP contribution in [0.2, 0.25) is 18.1 Å². The Morgan fingerprint density at radius 2 is 2.06 bits per heavy atom. The van der Waals surface area contributed by atoms with E-state index in [1.165, 1.54) is 19.3 Å². The highest BCUT2D eigenvalue weighted by molar-refractivity contribution is 9.11. The Labute approximate surface area is 128 Å². The average molecular weight is 365 g/mol. The van der Waals surface area contributed by atoms with Gasteiger partial charge < -0.3 is 4.43 Å². The molecule has 0 saturated carbocycles. The molecule has 102 valence electrons. The first-order valence-electron chi connectivity index (χ1n) is 6.30. The first-order valence-corrected chi connectivity index (χ1v) is 11.8. The summed E-state index contributed by atoms with van der Waals surface area (Å²) in [5.74, 6) is 1.18. The fraction of sp³-hybridized carbons (Fsp3) is 0.692. The smallest absolute Gasteiger partial charge is 0.192 e. The van der Waals surface area contributed by atoms with Crippen LogP contribution in [0.3, 0.4) is 0 Å². The highest BCUT2D eigenvalue weighted by Gasteiger charge is 2.40. The summed E-state index contributed by atoms with van der Waals surface area (Å²) in [5.41, 5.74) is 1.41. The van der Waals surface area contributed by atoms with E-state index in [2.05, 4.69) is 55.9 Å². The van der Waals surface area contributed by atoms with Crippen molar-refractivity contribution >= 4 is 47.3 Å². The van der Waals surface area contributed by atoms with Crippen molar-refractivity contribution in [2.75, 3.05) is 5.75 Å². The minimum absolute atomic E-state index is 0.283. The minimum Gasteiger partial charge on any atom is -0.410 e. The van der Waals surface area contributed by atoms with E-state index in [0.717, 1.165) is 6.42 Å². The summed E-state index contributed by atoms with van der Waals surface area (Å²) in [6.07, 6.45) is 1.46. The molecule has 1 unspecified atom stereocenters. The summed E-state index contributed by atoms with van der Waals surface area (Å²) in [6, 6.07) is 2.25. The highest BCUT2D eigenvalue weighted by atomic mass is 79.9. The van der Waals surface area contributed by atoms with Crippen LogP contribution in [0.25, 0.3) is 0 Å². The zero-order valence-electron chi connectivity index (χ0n) is 11.7. The van der Waals surface area contributed by atoms with Gasteiger partial charge in [-0.25, -0.2) is 0 Å². The third-order valence-electron chi connectivity index (χ3n) is 3.90. The quantitative estimate of drug-likeness (QED) is 0.588. The molecule has 0 bridgehead atoms. The standard InChI is InChI=1S/C13H21BrOS2Si/c1-13(2,3)18(4,5)15-10-6-7-16-12-9(10)8-11(14)17-12/h8,10H,6-7H2,1-5H3. The first kappa shape index (κ1) is 15.1. The lowest BCUT2D eigenvalue weighted by atomic mass is 10.1. The van der Waals surface area contributed by atoms with E-state index in [4.69, 9.17) is 4.43 Å². The van der Waals surface area contributed by atoms with E-state index < -0.39 is 8.32 Å². The number of thioether (sulfide) groups is 1. The monoisotopic (exact) mass is 364 g/mol. The molecule has 0 N–H and O–H groups in total. The fourth-order valence-corrected chi connectivity index (χ4v) is 6.43. The molecule has 5 heteroatoms. The van der Waals surface area contributed by atoms with Crippen LogP contribution in [-0.4, -0.2) is 14.1 Å². The van der Waals surface area contributed by atoms with Gasteiger partial charge >= 0.3 is 0 Å². The Hall–Kier alpha value is 0.707. The number of fused-ring (bicyclic) bond motifs is 1. The Morgan fingerprint density at radius 1 is 1.39 bits per heavy atom. The summed E-state index contributed by atoms with van der Waals surface area (Å²) in [4.78, 5) is 0. The van der Waals surface area contributed by atoms with Gasteiger partial charge in [-0.1, -0.05) is 20.8 Å². The third kappa shape index (κ3) is 3.06.